The van der Waals surface area contributed by atoms with Crippen LogP contribution < -0.4 is 4.90 Å². The summed E-state index contributed by atoms with van der Waals surface area (Å²) in [6.45, 7) is 2.19. The molecular weight excluding hydrogens is 400 g/mol. The summed E-state index contributed by atoms with van der Waals surface area (Å²) >= 11 is 0. The van der Waals surface area contributed by atoms with Gasteiger partial charge >= 0.3 is 0 Å². The van der Waals surface area contributed by atoms with Crippen LogP contribution >= 0.6 is 0 Å². The summed E-state index contributed by atoms with van der Waals surface area (Å²) < 4.78 is 2.44. The van der Waals surface area contributed by atoms with Crippen molar-refractivity contribution >= 4 is 28.4 Å². The molecule has 0 saturated carbocycles. The standard InChI is InChI=1S/C31H24N2/c1-21-16-17-29-25(18-21)27-19-26-24-14-8-9-15-28(24)32(22-10-4-2-5-11-22)30(26)20-31(27)33(29)23-12-6-3-7-13-23/h2-18,20,26H,19H2,1H3. The van der Waals surface area contributed by atoms with Crippen molar-refractivity contribution in [1.29, 1.82) is 0 Å². The van der Waals surface area contributed by atoms with Gasteiger partial charge in [0, 0.05) is 34.1 Å². The SMILES string of the molecule is Cc1ccc2c(c1)c1c(n2-c2ccccc2)C=C2C(C1)c1ccccc1N2c1ccccc1. The van der Waals surface area contributed by atoms with E-state index in [-0.39, 0.29) is 0 Å². The van der Waals surface area contributed by atoms with E-state index in [2.05, 4.69) is 126 Å². The molecule has 0 bridgehead atoms. The Morgan fingerprint density at radius 2 is 1.42 bits per heavy atom. The highest BCUT2D eigenvalue weighted by molar-refractivity contribution is 5.94. The molecule has 2 nitrogen and oxygen atoms in total. The number of aromatic nitrogens is 1. The summed E-state index contributed by atoms with van der Waals surface area (Å²) in [6, 6.07) is 37.3. The minimum atomic E-state index is 0.365. The number of aryl methyl sites for hydroxylation is 1. The van der Waals surface area contributed by atoms with Gasteiger partial charge in [-0.15, -0.1) is 0 Å². The third-order valence-electron chi connectivity index (χ3n) is 7.16. The molecule has 0 amide bonds. The number of para-hydroxylation sites is 3. The molecule has 5 aromatic rings. The Hall–Kier alpha value is -4.04. The van der Waals surface area contributed by atoms with Crippen molar-refractivity contribution in [2.75, 3.05) is 4.90 Å². The molecule has 4 aromatic carbocycles. The Kier molecular flexibility index (Phi) is 3.92. The van der Waals surface area contributed by atoms with Gasteiger partial charge in [-0.25, -0.2) is 0 Å². The number of allylic oxidation sites excluding steroid dienone is 1. The van der Waals surface area contributed by atoms with Crippen LogP contribution in [0.5, 0.6) is 0 Å². The lowest BCUT2D eigenvalue weighted by Crippen LogP contribution is -2.18. The fourth-order valence-electron chi connectivity index (χ4n) is 5.74. The van der Waals surface area contributed by atoms with Crippen molar-refractivity contribution in [2.45, 2.75) is 19.3 Å². The molecule has 158 valence electrons. The second-order valence-corrected chi connectivity index (χ2v) is 9.11. The largest absolute Gasteiger partial charge is 0.313 e. The number of hydrogen-bond acceptors (Lipinski definition) is 1. The molecule has 0 radical (unpaired) electrons. The quantitative estimate of drug-likeness (QED) is 0.281. The third-order valence-corrected chi connectivity index (χ3v) is 7.16. The van der Waals surface area contributed by atoms with Gasteiger partial charge in [-0.3, -0.25) is 0 Å². The number of hydrogen-bond donors (Lipinski definition) is 0. The topological polar surface area (TPSA) is 8.17 Å². The zero-order valence-electron chi connectivity index (χ0n) is 18.6. The minimum Gasteiger partial charge on any atom is -0.313 e. The Labute approximate surface area is 194 Å². The molecule has 0 fully saturated rings. The normalized spacial score (nSPS) is 16.3. The van der Waals surface area contributed by atoms with Gasteiger partial charge in [0.1, 0.15) is 0 Å². The molecule has 2 heterocycles. The van der Waals surface area contributed by atoms with Crippen LogP contribution in [-0.4, -0.2) is 4.57 Å². The number of fused-ring (bicyclic) bond motifs is 6. The van der Waals surface area contributed by atoms with Crippen LogP contribution in [0.1, 0.15) is 28.3 Å². The molecule has 1 aromatic heterocycles. The minimum absolute atomic E-state index is 0.365. The number of benzene rings is 4. The Morgan fingerprint density at radius 3 is 2.21 bits per heavy atom. The highest BCUT2D eigenvalue weighted by atomic mass is 15.2. The summed E-state index contributed by atoms with van der Waals surface area (Å²) in [6.07, 6.45) is 3.46. The first-order chi connectivity index (χ1) is 16.3. The Bertz CT molecular complexity index is 1540. The van der Waals surface area contributed by atoms with Gasteiger partial charge in [0.25, 0.3) is 0 Å². The lowest BCUT2D eigenvalue weighted by atomic mass is 9.86. The fraction of sp³-hybridized carbons (Fsp3) is 0.0968. The summed E-state index contributed by atoms with van der Waals surface area (Å²) in [4.78, 5) is 2.46. The third kappa shape index (κ3) is 2.67. The molecule has 1 aliphatic heterocycles. The van der Waals surface area contributed by atoms with Crippen molar-refractivity contribution in [3.63, 3.8) is 0 Å². The molecule has 33 heavy (non-hydrogen) atoms. The molecule has 0 N–H and O–H groups in total. The summed E-state index contributed by atoms with van der Waals surface area (Å²) in [5.74, 6) is 0.365. The monoisotopic (exact) mass is 424 g/mol. The van der Waals surface area contributed by atoms with Gasteiger partial charge in [0.05, 0.1) is 11.2 Å². The maximum absolute atomic E-state index is 2.46. The molecule has 7 rings (SSSR count). The predicted molar refractivity (Wildman–Crippen MR) is 137 cm³/mol. The van der Waals surface area contributed by atoms with E-state index < -0.39 is 0 Å². The van der Waals surface area contributed by atoms with E-state index in [0.717, 1.165) is 6.42 Å². The van der Waals surface area contributed by atoms with E-state index in [1.165, 1.54) is 56.0 Å². The average molecular weight is 425 g/mol. The summed E-state index contributed by atoms with van der Waals surface area (Å²) in [5.41, 5.74) is 11.9. The second-order valence-electron chi connectivity index (χ2n) is 9.11. The van der Waals surface area contributed by atoms with Crippen LogP contribution in [0, 0.1) is 6.92 Å². The van der Waals surface area contributed by atoms with Crippen LogP contribution in [0.3, 0.4) is 0 Å². The van der Waals surface area contributed by atoms with E-state index in [9.17, 15) is 0 Å². The number of nitrogens with zero attached hydrogens (tertiary/aromatic N) is 2. The van der Waals surface area contributed by atoms with Crippen molar-refractivity contribution in [3.05, 3.63) is 131 Å². The van der Waals surface area contributed by atoms with Gasteiger partial charge < -0.3 is 9.47 Å². The molecule has 1 atom stereocenters. The lowest BCUT2D eigenvalue weighted by molar-refractivity contribution is 0.796. The van der Waals surface area contributed by atoms with E-state index in [4.69, 9.17) is 0 Å². The summed E-state index contributed by atoms with van der Waals surface area (Å²) in [5, 5.41) is 1.37. The van der Waals surface area contributed by atoms with E-state index in [0.29, 0.717) is 5.92 Å². The second kappa shape index (κ2) is 6.98. The molecule has 0 spiro atoms. The van der Waals surface area contributed by atoms with Gasteiger partial charge in [-0.05, 0) is 73.0 Å². The molecule has 1 aliphatic carbocycles. The first-order valence-corrected chi connectivity index (χ1v) is 11.6. The highest BCUT2D eigenvalue weighted by Gasteiger charge is 2.38. The van der Waals surface area contributed by atoms with Crippen LogP contribution in [0.25, 0.3) is 22.7 Å². The average Bonchev–Trinajstić information content (AvgIpc) is 3.35. The van der Waals surface area contributed by atoms with E-state index >= 15 is 0 Å². The van der Waals surface area contributed by atoms with Crippen LogP contribution in [0.4, 0.5) is 11.4 Å². The maximum Gasteiger partial charge on any atom is 0.0537 e. The smallest absolute Gasteiger partial charge is 0.0537 e. The van der Waals surface area contributed by atoms with Crippen LogP contribution in [-0.2, 0) is 6.42 Å². The van der Waals surface area contributed by atoms with Gasteiger partial charge in [0.15, 0.2) is 0 Å². The molecule has 0 saturated heterocycles. The first kappa shape index (κ1) is 18.5. The zero-order chi connectivity index (χ0) is 21.9. The van der Waals surface area contributed by atoms with E-state index in [1.807, 2.05) is 0 Å². The number of anilines is 2. The Morgan fingerprint density at radius 1 is 0.727 bits per heavy atom. The molecular formula is C31H24N2. The fourth-order valence-corrected chi connectivity index (χ4v) is 5.74. The highest BCUT2D eigenvalue weighted by Crippen LogP contribution is 2.53. The molecule has 2 aliphatic rings. The van der Waals surface area contributed by atoms with Gasteiger partial charge in [-0.1, -0.05) is 66.2 Å². The predicted octanol–water partition coefficient (Wildman–Crippen LogP) is 7.77. The zero-order valence-corrected chi connectivity index (χ0v) is 18.6. The van der Waals surface area contributed by atoms with Crippen molar-refractivity contribution in [3.8, 4) is 5.69 Å². The van der Waals surface area contributed by atoms with Crippen molar-refractivity contribution < 1.29 is 0 Å². The van der Waals surface area contributed by atoms with Crippen LogP contribution in [0.15, 0.2) is 109 Å². The Balaban J connectivity index is 1.53. The first-order valence-electron chi connectivity index (χ1n) is 11.6. The maximum atomic E-state index is 2.46. The van der Waals surface area contributed by atoms with Crippen LogP contribution in [0.2, 0.25) is 0 Å². The van der Waals surface area contributed by atoms with E-state index in [1.54, 1.807) is 0 Å². The summed E-state index contributed by atoms with van der Waals surface area (Å²) in [7, 11) is 0. The van der Waals surface area contributed by atoms with Gasteiger partial charge in [-0.2, -0.15) is 0 Å². The molecule has 1 unspecified atom stereocenters. The van der Waals surface area contributed by atoms with Gasteiger partial charge in [0.2, 0.25) is 0 Å². The van der Waals surface area contributed by atoms with Crippen molar-refractivity contribution in [1.82, 2.24) is 4.57 Å². The molecule has 2 heteroatoms. The van der Waals surface area contributed by atoms with Crippen molar-refractivity contribution in [2.24, 2.45) is 0 Å². The lowest BCUT2D eigenvalue weighted by Gasteiger charge is -2.27. The number of rotatable bonds is 2.